The number of hydrazine groups is 1. The van der Waals surface area contributed by atoms with E-state index in [2.05, 4.69) is 10.7 Å². The molecular weight excluding hydrogens is 178 g/mol. The Morgan fingerprint density at radius 1 is 1.29 bits per heavy atom. The highest BCUT2D eigenvalue weighted by Crippen LogP contribution is 2.05. The number of amides is 1. The fourth-order valence-electron chi connectivity index (χ4n) is 1.62. The molecule has 82 valence electrons. The third-order valence-electron chi connectivity index (χ3n) is 2.42. The van der Waals surface area contributed by atoms with Crippen LogP contribution in [0, 0.1) is 0 Å². The molecule has 2 N–H and O–H groups in total. The van der Waals surface area contributed by atoms with Gasteiger partial charge >= 0.3 is 0 Å². The lowest BCUT2D eigenvalue weighted by molar-refractivity contribution is -0.126. The molecule has 1 heterocycles. The number of hydrogen-bond acceptors (Lipinski definition) is 3. The molecule has 1 amide bonds. The Labute approximate surface area is 86.0 Å². The molecule has 0 radical (unpaired) electrons. The first-order valence-electron chi connectivity index (χ1n) is 5.58. The monoisotopic (exact) mass is 199 g/mol. The minimum absolute atomic E-state index is 0.132. The van der Waals surface area contributed by atoms with Crippen molar-refractivity contribution in [3.63, 3.8) is 0 Å². The summed E-state index contributed by atoms with van der Waals surface area (Å²) in [5.41, 5.74) is 2.93. The molecule has 0 aromatic carbocycles. The van der Waals surface area contributed by atoms with Gasteiger partial charge in [-0.3, -0.25) is 10.2 Å². The summed E-state index contributed by atoms with van der Waals surface area (Å²) < 4.78 is 0. The number of nitrogens with zero attached hydrogens (tertiary/aromatic N) is 1. The van der Waals surface area contributed by atoms with Crippen LogP contribution < -0.4 is 10.7 Å². The summed E-state index contributed by atoms with van der Waals surface area (Å²) in [5, 5.41) is 5.18. The van der Waals surface area contributed by atoms with Gasteiger partial charge in [-0.25, -0.2) is 5.01 Å². The molecule has 4 heteroatoms. The summed E-state index contributed by atoms with van der Waals surface area (Å²) in [4.78, 5) is 11.4. The van der Waals surface area contributed by atoms with E-state index in [0.717, 1.165) is 26.2 Å². The van der Waals surface area contributed by atoms with Crippen molar-refractivity contribution in [2.24, 2.45) is 0 Å². The topological polar surface area (TPSA) is 44.4 Å². The number of carbonyl (C=O) groups excluding carboxylic acids is 1. The van der Waals surface area contributed by atoms with Crippen molar-refractivity contribution in [1.29, 1.82) is 0 Å². The fraction of sp³-hybridized carbons (Fsp3) is 0.900. The summed E-state index contributed by atoms with van der Waals surface area (Å²) >= 11 is 0. The van der Waals surface area contributed by atoms with Crippen LogP contribution in [0.25, 0.3) is 0 Å². The van der Waals surface area contributed by atoms with Crippen molar-refractivity contribution < 1.29 is 4.79 Å². The first-order chi connectivity index (χ1) is 6.83. The van der Waals surface area contributed by atoms with Crippen LogP contribution in [-0.2, 0) is 4.79 Å². The summed E-state index contributed by atoms with van der Waals surface area (Å²) in [6.45, 7) is 5.76. The second-order valence-electron chi connectivity index (χ2n) is 3.69. The van der Waals surface area contributed by atoms with Crippen molar-refractivity contribution in [3.05, 3.63) is 0 Å². The Bertz CT molecular complexity index is 167. The Kier molecular flexibility index (Phi) is 5.56. The first kappa shape index (κ1) is 11.5. The number of rotatable bonds is 5. The zero-order valence-electron chi connectivity index (χ0n) is 9.01. The van der Waals surface area contributed by atoms with Crippen LogP contribution in [0.1, 0.15) is 32.6 Å². The Hall–Kier alpha value is -0.610. The van der Waals surface area contributed by atoms with E-state index in [1.165, 1.54) is 19.3 Å². The van der Waals surface area contributed by atoms with Gasteiger partial charge in [0, 0.05) is 26.1 Å². The van der Waals surface area contributed by atoms with E-state index in [0.29, 0.717) is 6.42 Å². The Morgan fingerprint density at radius 2 is 2.00 bits per heavy atom. The van der Waals surface area contributed by atoms with Crippen molar-refractivity contribution in [2.45, 2.75) is 32.6 Å². The molecule has 0 atom stereocenters. The summed E-state index contributed by atoms with van der Waals surface area (Å²) in [7, 11) is 0. The quantitative estimate of drug-likeness (QED) is 0.634. The van der Waals surface area contributed by atoms with E-state index in [9.17, 15) is 4.79 Å². The largest absolute Gasteiger partial charge is 0.316 e. The van der Waals surface area contributed by atoms with E-state index in [-0.39, 0.29) is 5.91 Å². The van der Waals surface area contributed by atoms with Crippen LogP contribution >= 0.6 is 0 Å². The summed E-state index contributed by atoms with van der Waals surface area (Å²) in [6.07, 6.45) is 4.27. The predicted octanol–water partition coefficient (Wildman–Crippen LogP) is 0.503. The first-order valence-corrected chi connectivity index (χ1v) is 5.58. The van der Waals surface area contributed by atoms with Gasteiger partial charge in [0.2, 0.25) is 5.91 Å². The molecular formula is C10H21N3O. The minimum atomic E-state index is 0.132. The maximum atomic E-state index is 11.4. The van der Waals surface area contributed by atoms with Crippen molar-refractivity contribution in [3.8, 4) is 0 Å². The van der Waals surface area contributed by atoms with Gasteiger partial charge in [0.1, 0.15) is 0 Å². The zero-order valence-corrected chi connectivity index (χ0v) is 9.01. The van der Waals surface area contributed by atoms with E-state index >= 15 is 0 Å². The van der Waals surface area contributed by atoms with Gasteiger partial charge in [0.15, 0.2) is 0 Å². The molecule has 0 unspecified atom stereocenters. The molecule has 1 aliphatic rings. The number of nitrogens with one attached hydrogen (secondary N) is 2. The van der Waals surface area contributed by atoms with Gasteiger partial charge in [-0.05, 0) is 19.4 Å². The Morgan fingerprint density at radius 3 is 2.64 bits per heavy atom. The molecule has 0 aromatic heterocycles. The van der Waals surface area contributed by atoms with Gasteiger partial charge in [-0.1, -0.05) is 13.3 Å². The SMILES string of the molecule is CCNCCC(=O)NN1CCCCC1. The van der Waals surface area contributed by atoms with Crippen molar-refractivity contribution >= 4 is 5.91 Å². The van der Waals surface area contributed by atoms with Crippen LogP contribution in [0.15, 0.2) is 0 Å². The third kappa shape index (κ3) is 4.58. The fourth-order valence-corrected chi connectivity index (χ4v) is 1.62. The lowest BCUT2D eigenvalue weighted by Gasteiger charge is -2.26. The molecule has 0 spiro atoms. The average Bonchev–Trinajstić information content (AvgIpc) is 2.20. The molecule has 1 saturated heterocycles. The van der Waals surface area contributed by atoms with Crippen LogP contribution in [-0.4, -0.2) is 37.1 Å². The molecule has 1 fully saturated rings. The molecule has 1 rings (SSSR count). The van der Waals surface area contributed by atoms with Crippen molar-refractivity contribution in [1.82, 2.24) is 15.8 Å². The lowest BCUT2D eigenvalue weighted by atomic mass is 10.2. The molecule has 0 bridgehead atoms. The van der Waals surface area contributed by atoms with Crippen LogP contribution in [0.3, 0.4) is 0 Å². The highest BCUT2D eigenvalue weighted by Gasteiger charge is 2.11. The van der Waals surface area contributed by atoms with Gasteiger partial charge in [-0.15, -0.1) is 0 Å². The average molecular weight is 199 g/mol. The van der Waals surface area contributed by atoms with Gasteiger partial charge in [0.05, 0.1) is 0 Å². The van der Waals surface area contributed by atoms with E-state index in [4.69, 9.17) is 0 Å². The van der Waals surface area contributed by atoms with Crippen LogP contribution in [0.4, 0.5) is 0 Å². The number of carbonyl (C=O) groups is 1. The minimum Gasteiger partial charge on any atom is -0.316 e. The summed E-state index contributed by atoms with van der Waals surface area (Å²) in [6, 6.07) is 0. The zero-order chi connectivity index (χ0) is 10.2. The van der Waals surface area contributed by atoms with Crippen LogP contribution in [0.5, 0.6) is 0 Å². The lowest BCUT2D eigenvalue weighted by Crippen LogP contribution is -2.45. The van der Waals surface area contributed by atoms with Crippen molar-refractivity contribution in [2.75, 3.05) is 26.2 Å². The highest BCUT2D eigenvalue weighted by atomic mass is 16.2. The van der Waals surface area contributed by atoms with Gasteiger partial charge in [-0.2, -0.15) is 0 Å². The molecule has 0 aliphatic carbocycles. The second kappa shape index (κ2) is 6.79. The highest BCUT2D eigenvalue weighted by molar-refractivity contribution is 5.75. The molecule has 0 aromatic rings. The van der Waals surface area contributed by atoms with Crippen LogP contribution in [0.2, 0.25) is 0 Å². The summed E-state index contributed by atoms with van der Waals surface area (Å²) in [5.74, 6) is 0.132. The maximum Gasteiger partial charge on any atom is 0.235 e. The molecule has 4 nitrogen and oxygen atoms in total. The van der Waals surface area contributed by atoms with E-state index in [1.807, 2.05) is 11.9 Å². The maximum absolute atomic E-state index is 11.4. The number of piperidine rings is 1. The molecule has 1 aliphatic heterocycles. The molecule has 14 heavy (non-hydrogen) atoms. The van der Waals surface area contributed by atoms with E-state index in [1.54, 1.807) is 0 Å². The predicted molar refractivity (Wildman–Crippen MR) is 56.7 cm³/mol. The van der Waals surface area contributed by atoms with Gasteiger partial charge in [0.25, 0.3) is 0 Å². The normalized spacial score (nSPS) is 18.1. The standard InChI is InChI=1S/C10H21N3O/c1-2-11-7-6-10(14)12-13-8-4-3-5-9-13/h11H,2-9H2,1H3,(H,12,14). The van der Waals surface area contributed by atoms with Gasteiger partial charge < -0.3 is 5.32 Å². The smallest absolute Gasteiger partial charge is 0.235 e. The molecule has 0 saturated carbocycles. The second-order valence-corrected chi connectivity index (χ2v) is 3.69. The third-order valence-corrected chi connectivity index (χ3v) is 2.42. The Balaban J connectivity index is 2.06. The van der Waals surface area contributed by atoms with E-state index < -0.39 is 0 Å². The number of hydrogen-bond donors (Lipinski definition) is 2.